The minimum absolute atomic E-state index is 0.275. The van der Waals surface area contributed by atoms with E-state index < -0.39 is 0 Å². The van der Waals surface area contributed by atoms with E-state index >= 15 is 0 Å². The van der Waals surface area contributed by atoms with Crippen molar-refractivity contribution in [3.05, 3.63) is 89.1 Å². The molecule has 0 aliphatic rings. The average Bonchev–Trinajstić information content (AvgIpc) is 3.55. The maximum atomic E-state index is 13.3. The fourth-order valence-corrected chi connectivity index (χ4v) is 4.38. The smallest absolute Gasteiger partial charge is 0.255 e. The number of ether oxygens (including phenoxy) is 1. The van der Waals surface area contributed by atoms with Crippen LogP contribution in [0, 0.1) is 0 Å². The normalized spacial score (nSPS) is 11.6. The van der Waals surface area contributed by atoms with Crippen LogP contribution in [0.4, 0.5) is 0 Å². The van der Waals surface area contributed by atoms with Crippen molar-refractivity contribution in [1.82, 2.24) is 35.2 Å². The maximum absolute atomic E-state index is 13.3. The Bertz CT molecular complexity index is 1630. The number of benzene rings is 2. The minimum Gasteiger partial charge on any atom is -0.497 e. The summed E-state index contributed by atoms with van der Waals surface area (Å²) in [4.78, 5) is 34.4. The molecule has 0 radical (unpaired) electrons. The van der Waals surface area contributed by atoms with E-state index in [0.717, 1.165) is 22.4 Å². The van der Waals surface area contributed by atoms with E-state index in [0.29, 0.717) is 42.3 Å². The number of carbonyl (C=O) groups is 2. The van der Waals surface area contributed by atoms with Crippen LogP contribution < -0.4 is 15.4 Å². The molecule has 0 unspecified atom stereocenters. The summed E-state index contributed by atoms with van der Waals surface area (Å²) >= 11 is 0. The molecule has 0 saturated carbocycles. The number of H-pyrrole nitrogens is 1. The van der Waals surface area contributed by atoms with Crippen LogP contribution in [0.2, 0.25) is 0 Å². The zero-order chi connectivity index (χ0) is 27.6. The number of hydrogen-bond acceptors (Lipinski definition) is 6. The Labute approximate surface area is 225 Å². The van der Waals surface area contributed by atoms with Gasteiger partial charge in [-0.05, 0) is 35.9 Å². The summed E-state index contributed by atoms with van der Waals surface area (Å²) in [6.45, 7) is 6.68. The lowest BCUT2D eigenvalue weighted by Crippen LogP contribution is -2.28. The molecule has 0 fully saturated rings. The number of nitrogens with one attached hydrogen (secondary N) is 3. The highest BCUT2D eigenvalue weighted by Gasteiger charge is 2.25. The SMILES string of the molecule is COc1cccc(CNC(=O)c2cc(C(=O)NCCc3nc4ccccc4[nH]3)c3nnc(C(C)(C)C)n3c2)c1. The van der Waals surface area contributed by atoms with Crippen molar-refractivity contribution in [1.29, 1.82) is 0 Å². The fraction of sp³-hybridized carbons (Fsp3) is 0.276. The van der Waals surface area contributed by atoms with E-state index in [1.807, 2.05) is 69.3 Å². The van der Waals surface area contributed by atoms with Crippen molar-refractivity contribution < 1.29 is 14.3 Å². The summed E-state index contributed by atoms with van der Waals surface area (Å²) in [7, 11) is 1.60. The molecule has 39 heavy (non-hydrogen) atoms. The standard InChI is InChI=1S/C29H31N7O3/c1-29(2,3)28-35-34-25-21(27(38)30-13-12-24-32-22-10-5-6-11-23(22)33-24)15-19(17-36(25)28)26(37)31-16-18-8-7-9-20(14-18)39-4/h5-11,14-15,17H,12-13,16H2,1-4H3,(H,30,38)(H,31,37)(H,32,33). The summed E-state index contributed by atoms with van der Waals surface area (Å²) in [6.07, 6.45) is 2.21. The van der Waals surface area contributed by atoms with Gasteiger partial charge in [-0.1, -0.05) is 45.0 Å². The van der Waals surface area contributed by atoms with Crippen LogP contribution in [0.5, 0.6) is 5.75 Å². The monoisotopic (exact) mass is 525 g/mol. The van der Waals surface area contributed by atoms with Crippen LogP contribution in [-0.4, -0.2) is 50.0 Å². The van der Waals surface area contributed by atoms with Gasteiger partial charge in [-0.15, -0.1) is 10.2 Å². The van der Waals surface area contributed by atoms with Gasteiger partial charge in [0, 0.05) is 31.1 Å². The molecule has 0 bridgehead atoms. The van der Waals surface area contributed by atoms with Crippen LogP contribution in [0.15, 0.2) is 60.8 Å². The first-order chi connectivity index (χ1) is 18.7. The highest BCUT2D eigenvalue weighted by atomic mass is 16.5. The van der Waals surface area contributed by atoms with E-state index in [-0.39, 0.29) is 22.8 Å². The van der Waals surface area contributed by atoms with Gasteiger partial charge in [0.05, 0.1) is 29.3 Å². The minimum atomic E-state index is -0.357. The molecular formula is C29H31N7O3. The summed E-state index contributed by atoms with van der Waals surface area (Å²) < 4.78 is 7.00. The highest BCUT2D eigenvalue weighted by Crippen LogP contribution is 2.23. The number of rotatable bonds is 8. The number of aromatic amines is 1. The first kappa shape index (κ1) is 25.9. The molecule has 2 aromatic carbocycles. The first-order valence-corrected chi connectivity index (χ1v) is 12.7. The first-order valence-electron chi connectivity index (χ1n) is 12.7. The lowest BCUT2D eigenvalue weighted by atomic mass is 9.96. The van der Waals surface area contributed by atoms with Crippen LogP contribution in [0.1, 0.15) is 58.7 Å². The quantitative estimate of drug-likeness (QED) is 0.283. The average molecular weight is 526 g/mol. The predicted molar refractivity (Wildman–Crippen MR) is 148 cm³/mol. The number of carbonyl (C=O) groups excluding carboxylic acids is 2. The largest absolute Gasteiger partial charge is 0.497 e. The van der Waals surface area contributed by atoms with Crippen molar-refractivity contribution in [3.8, 4) is 5.75 Å². The van der Waals surface area contributed by atoms with Gasteiger partial charge in [-0.25, -0.2) is 4.98 Å². The third-order valence-corrected chi connectivity index (χ3v) is 6.36. The van der Waals surface area contributed by atoms with Gasteiger partial charge in [0.15, 0.2) is 5.65 Å². The second-order valence-electron chi connectivity index (χ2n) is 10.4. The number of aromatic nitrogens is 5. The second-order valence-corrected chi connectivity index (χ2v) is 10.4. The number of amides is 2. The molecule has 0 atom stereocenters. The number of pyridine rings is 1. The molecule has 0 saturated heterocycles. The number of nitrogens with zero attached hydrogens (tertiary/aromatic N) is 4. The van der Waals surface area contributed by atoms with E-state index in [1.54, 1.807) is 23.8 Å². The van der Waals surface area contributed by atoms with Crippen LogP contribution in [0.3, 0.4) is 0 Å². The Kier molecular flexibility index (Phi) is 7.02. The maximum Gasteiger partial charge on any atom is 0.255 e. The van der Waals surface area contributed by atoms with E-state index in [2.05, 4.69) is 30.8 Å². The Morgan fingerprint density at radius 1 is 1.00 bits per heavy atom. The van der Waals surface area contributed by atoms with Crippen molar-refractivity contribution in [2.75, 3.05) is 13.7 Å². The lowest BCUT2D eigenvalue weighted by Gasteiger charge is -2.17. The van der Waals surface area contributed by atoms with Gasteiger partial charge in [-0.2, -0.15) is 0 Å². The summed E-state index contributed by atoms with van der Waals surface area (Å²) in [5, 5.41) is 14.5. The zero-order valence-corrected chi connectivity index (χ0v) is 22.4. The van der Waals surface area contributed by atoms with Gasteiger partial charge in [0.1, 0.15) is 17.4 Å². The molecule has 3 heterocycles. The van der Waals surface area contributed by atoms with Crippen molar-refractivity contribution in [2.24, 2.45) is 0 Å². The summed E-state index contributed by atoms with van der Waals surface area (Å²) in [6, 6.07) is 16.8. The van der Waals surface area contributed by atoms with Gasteiger partial charge < -0.3 is 20.4 Å². The molecule has 0 spiro atoms. The van der Waals surface area contributed by atoms with Crippen molar-refractivity contribution >= 4 is 28.5 Å². The number of para-hydroxylation sites is 2. The zero-order valence-electron chi connectivity index (χ0n) is 22.4. The third-order valence-electron chi connectivity index (χ3n) is 6.36. The second kappa shape index (κ2) is 10.6. The molecule has 3 N–H and O–H groups in total. The Morgan fingerprint density at radius 3 is 2.59 bits per heavy atom. The molecule has 5 aromatic rings. The Balaban J connectivity index is 1.38. The number of hydrogen-bond donors (Lipinski definition) is 3. The van der Waals surface area contributed by atoms with Gasteiger partial charge >= 0.3 is 0 Å². The molecule has 10 nitrogen and oxygen atoms in total. The van der Waals surface area contributed by atoms with Gasteiger partial charge in [-0.3, -0.25) is 14.0 Å². The molecule has 5 rings (SSSR count). The number of imidazole rings is 1. The third kappa shape index (κ3) is 5.59. The molecule has 0 aliphatic carbocycles. The highest BCUT2D eigenvalue weighted by molar-refractivity contribution is 6.03. The topological polar surface area (TPSA) is 126 Å². The predicted octanol–water partition coefficient (Wildman–Crippen LogP) is 3.81. The summed E-state index contributed by atoms with van der Waals surface area (Å²) in [5.41, 5.74) is 3.37. The molecule has 3 aromatic heterocycles. The molecule has 2 amide bonds. The lowest BCUT2D eigenvalue weighted by molar-refractivity contribution is 0.0950. The molecule has 200 valence electrons. The van der Waals surface area contributed by atoms with Crippen molar-refractivity contribution in [2.45, 2.75) is 39.2 Å². The van der Waals surface area contributed by atoms with Crippen LogP contribution >= 0.6 is 0 Å². The number of methoxy groups -OCH3 is 1. The van der Waals surface area contributed by atoms with Crippen LogP contribution in [-0.2, 0) is 18.4 Å². The van der Waals surface area contributed by atoms with Crippen LogP contribution in [0.25, 0.3) is 16.7 Å². The summed E-state index contributed by atoms with van der Waals surface area (Å²) in [5.74, 6) is 1.49. The Hall–Kier alpha value is -4.73. The Morgan fingerprint density at radius 2 is 1.82 bits per heavy atom. The van der Waals surface area contributed by atoms with Crippen molar-refractivity contribution in [3.63, 3.8) is 0 Å². The molecule has 10 heteroatoms. The van der Waals surface area contributed by atoms with E-state index in [4.69, 9.17) is 4.74 Å². The van der Waals surface area contributed by atoms with Gasteiger partial charge in [0.2, 0.25) is 0 Å². The van der Waals surface area contributed by atoms with Gasteiger partial charge in [0.25, 0.3) is 11.8 Å². The fourth-order valence-electron chi connectivity index (χ4n) is 4.38. The van der Waals surface area contributed by atoms with E-state index in [1.165, 1.54) is 0 Å². The van der Waals surface area contributed by atoms with E-state index in [9.17, 15) is 9.59 Å². The molecule has 0 aliphatic heterocycles. The number of fused-ring (bicyclic) bond motifs is 2. The molecular weight excluding hydrogens is 494 g/mol.